The number of halogens is 3. The molecular formula is C18H22F3N5O2S. The number of thioether (sulfide) groups is 1. The van der Waals surface area contributed by atoms with Crippen molar-refractivity contribution in [3.63, 3.8) is 0 Å². The second kappa shape index (κ2) is 9.04. The van der Waals surface area contributed by atoms with Crippen LogP contribution in [0.5, 0.6) is 0 Å². The summed E-state index contributed by atoms with van der Waals surface area (Å²) in [5.74, 6) is -0.126. The summed E-state index contributed by atoms with van der Waals surface area (Å²) in [6.07, 6.45) is -4.49. The fraction of sp³-hybridized carbons (Fsp3) is 0.500. The standard InChI is InChI=1S/C18H22F3N5O2S/c1-3-25-6-8-26(9-7-25)15-5-4-13(18(19,20)21)10-14(15)22-16(27)11-29-17-24-23-12(2)28-17/h4-5,10H,3,6-9,11H2,1-2H3,(H,22,27). The molecular weight excluding hydrogens is 407 g/mol. The minimum Gasteiger partial charge on any atom is -0.416 e. The van der Waals surface area contributed by atoms with Gasteiger partial charge in [-0.2, -0.15) is 13.2 Å². The number of hydrogen-bond acceptors (Lipinski definition) is 7. The average molecular weight is 429 g/mol. The van der Waals surface area contributed by atoms with Crippen LogP contribution in [0.2, 0.25) is 0 Å². The van der Waals surface area contributed by atoms with Crippen molar-refractivity contribution in [2.75, 3.05) is 48.7 Å². The van der Waals surface area contributed by atoms with Crippen molar-refractivity contribution in [2.45, 2.75) is 25.2 Å². The number of piperazine rings is 1. The SMILES string of the molecule is CCN1CCN(c2ccc(C(F)(F)F)cc2NC(=O)CSc2nnc(C)o2)CC1. The van der Waals surface area contributed by atoms with Gasteiger partial charge in [-0.15, -0.1) is 10.2 Å². The molecule has 158 valence electrons. The van der Waals surface area contributed by atoms with Crippen LogP contribution >= 0.6 is 11.8 Å². The van der Waals surface area contributed by atoms with E-state index in [2.05, 4.69) is 27.3 Å². The molecule has 2 heterocycles. The summed E-state index contributed by atoms with van der Waals surface area (Å²) < 4.78 is 44.7. The van der Waals surface area contributed by atoms with Crippen LogP contribution in [-0.2, 0) is 11.0 Å². The maximum absolute atomic E-state index is 13.2. The molecule has 0 unspecified atom stereocenters. The molecule has 1 saturated heterocycles. The molecule has 29 heavy (non-hydrogen) atoms. The lowest BCUT2D eigenvalue weighted by Crippen LogP contribution is -2.46. The molecule has 7 nitrogen and oxygen atoms in total. The number of amides is 1. The Morgan fingerprint density at radius 1 is 1.24 bits per heavy atom. The van der Waals surface area contributed by atoms with Gasteiger partial charge in [-0.25, -0.2) is 0 Å². The van der Waals surface area contributed by atoms with Crippen molar-refractivity contribution in [3.05, 3.63) is 29.7 Å². The first-order chi connectivity index (χ1) is 13.8. The molecule has 3 rings (SSSR count). The van der Waals surface area contributed by atoms with Crippen LogP contribution in [0.4, 0.5) is 24.5 Å². The van der Waals surface area contributed by atoms with E-state index >= 15 is 0 Å². The number of anilines is 2. The molecule has 1 amide bonds. The predicted molar refractivity (Wildman–Crippen MR) is 104 cm³/mol. The van der Waals surface area contributed by atoms with Gasteiger partial charge in [0.15, 0.2) is 0 Å². The number of hydrogen-bond donors (Lipinski definition) is 1. The Balaban J connectivity index is 1.75. The molecule has 0 saturated carbocycles. The lowest BCUT2D eigenvalue weighted by atomic mass is 10.1. The van der Waals surface area contributed by atoms with Crippen LogP contribution in [0, 0.1) is 6.92 Å². The number of carbonyl (C=O) groups excluding carboxylic acids is 1. The van der Waals surface area contributed by atoms with E-state index < -0.39 is 17.6 Å². The van der Waals surface area contributed by atoms with Gasteiger partial charge >= 0.3 is 6.18 Å². The maximum Gasteiger partial charge on any atom is 0.416 e. The Hall–Kier alpha value is -2.27. The zero-order chi connectivity index (χ0) is 21.0. The van der Waals surface area contributed by atoms with Crippen LogP contribution in [-0.4, -0.2) is 59.5 Å². The van der Waals surface area contributed by atoms with E-state index in [9.17, 15) is 18.0 Å². The van der Waals surface area contributed by atoms with Crippen molar-refractivity contribution < 1.29 is 22.4 Å². The molecule has 1 aliphatic heterocycles. The Bertz CT molecular complexity index is 850. The summed E-state index contributed by atoms with van der Waals surface area (Å²) in [7, 11) is 0. The average Bonchev–Trinajstić information content (AvgIpc) is 3.11. The third kappa shape index (κ3) is 5.63. The van der Waals surface area contributed by atoms with Crippen molar-refractivity contribution in [1.29, 1.82) is 0 Å². The van der Waals surface area contributed by atoms with E-state index in [0.29, 0.717) is 24.7 Å². The Morgan fingerprint density at radius 3 is 2.55 bits per heavy atom. The zero-order valence-electron chi connectivity index (χ0n) is 16.1. The molecule has 0 radical (unpaired) electrons. The first-order valence-corrected chi connectivity index (χ1v) is 10.2. The lowest BCUT2D eigenvalue weighted by molar-refractivity contribution is -0.137. The highest BCUT2D eigenvalue weighted by Crippen LogP contribution is 2.36. The van der Waals surface area contributed by atoms with Gasteiger partial charge in [0.25, 0.3) is 5.22 Å². The number of aromatic nitrogens is 2. The van der Waals surface area contributed by atoms with Crippen LogP contribution in [0.25, 0.3) is 0 Å². The summed E-state index contributed by atoms with van der Waals surface area (Å²) in [5, 5.41) is 10.3. The molecule has 0 atom stereocenters. The van der Waals surface area contributed by atoms with E-state index in [1.165, 1.54) is 6.07 Å². The highest BCUT2D eigenvalue weighted by Gasteiger charge is 2.32. The number of carbonyl (C=O) groups is 1. The number of rotatable bonds is 6. The van der Waals surface area contributed by atoms with Crippen LogP contribution in [0.15, 0.2) is 27.8 Å². The number of aryl methyl sites for hydroxylation is 1. The largest absolute Gasteiger partial charge is 0.416 e. The summed E-state index contributed by atoms with van der Waals surface area (Å²) in [6.45, 7) is 7.62. The van der Waals surface area contributed by atoms with E-state index in [1.807, 2.05) is 4.90 Å². The highest BCUT2D eigenvalue weighted by atomic mass is 32.2. The second-order valence-corrected chi connectivity index (χ2v) is 7.50. The maximum atomic E-state index is 13.2. The monoisotopic (exact) mass is 429 g/mol. The molecule has 1 aromatic heterocycles. The van der Waals surface area contributed by atoms with E-state index in [4.69, 9.17) is 4.42 Å². The fourth-order valence-electron chi connectivity index (χ4n) is 3.04. The third-order valence-corrected chi connectivity index (χ3v) is 5.41. The van der Waals surface area contributed by atoms with Gasteiger partial charge in [0.2, 0.25) is 11.8 Å². The van der Waals surface area contributed by atoms with Gasteiger partial charge in [-0.3, -0.25) is 4.79 Å². The number of alkyl halides is 3. The number of likely N-dealkylation sites (N-methyl/N-ethyl adjacent to an activating group) is 1. The summed E-state index contributed by atoms with van der Waals surface area (Å²) in [5.41, 5.74) is -0.0678. The number of nitrogens with zero attached hydrogens (tertiary/aromatic N) is 4. The van der Waals surface area contributed by atoms with Gasteiger partial charge in [-0.05, 0) is 24.7 Å². The second-order valence-electron chi connectivity index (χ2n) is 6.57. The molecule has 0 bridgehead atoms. The zero-order valence-corrected chi connectivity index (χ0v) is 16.9. The topological polar surface area (TPSA) is 74.5 Å². The molecule has 2 aromatic rings. The molecule has 0 aliphatic carbocycles. The van der Waals surface area contributed by atoms with E-state index in [0.717, 1.165) is 43.5 Å². The molecule has 1 N–H and O–H groups in total. The first kappa shape index (κ1) is 21.4. The van der Waals surface area contributed by atoms with E-state index in [1.54, 1.807) is 6.92 Å². The van der Waals surface area contributed by atoms with Gasteiger partial charge in [-0.1, -0.05) is 18.7 Å². The van der Waals surface area contributed by atoms with Crippen molar-refractivity contribution in [1.82, 2.24) is 15.1 Å². The normalized spacial score (nSPS) is 15.6. The van der Waals surface area contributed by atoms with Crippen molar-refractivity contribution >= 4 is 29.0 Å². The molecule has 1 aliphatic rings. The fourth-order valence-corrected chi connectivity index (χ4v) is 3.65. The molecule has 1 fully saturated rings. The molecule has 11 heteroatoms. The third-order valence-electron chi connectivity index (χ3n) is 4.59. The highest BCUT2D eigenvalue weighted by molar-refractivity contribution is 7.99. The van der Waals surface area contributed by atoms with Crippen LogP contribution in [0.1, 0.15) is 18.4 Å². The van der Waals surface area contributed by atoms with Gasteiger partial charge < -0.3 is 19.5 Å². The minimum absolute atomic E-state index is 0.0546. The van der Waals surface area contributed by atoms with Crippen LogP contribution < -0.4 is 10.2 Å². The van der Waals surface area contributed by atoms with Gasteiger partial charge in [0.05, 0.1) is 22.7 Å². The van der Waals surface area contributed by atoms with Crippen LogP contribution in [0.3, 0.4) is 0 Å². The Labute approximate surface area is 170 Å². The van der Waals surface area contributed by atoms with Gasteiger partial charge in [0.1, 0.15) is 0 Å². The summed E-state index contributed by atoms with van der Waals surface area (Å²) in [4.78, 5) is 16.6. The predicted octanol–water partition coefficient (Wildman–Crippen LogP) is 3.27. The van der Waals surface area contributed by atoms with E-state index in [-0.39, 0.29) is 16.7 Å². The molecule has 0 spiro atoms. The first-order valence-electron chi connectivity index (χ1n) is 9.17. The number of benzene rings is 1. The smallest absolute Gasteiger partial charge is 0.416 e. The lowest BCUT2D eigenvalue weighted by Gasteiger charge is -2.36. The van der Waals surface area contributed by atoms with Crippen molar-refractivity contribution in [3.8, 4) is 0 Å². The summed E-state index contributed by atoms with van der Waals surface area (Å²) >= 11 is 1.03. The Morgan fingerprint density at radius 2 is 1.97 bits per heavy atom. The minimum atomic E-state index is -4.49. The quantitative estimate of drug-likeness (QED) is 0.707. The Kier molecular flexibility index (Phi) is 6.68. The summed E-state index contributed by atoms with van der Waals surface area (Å²) in [6, 6.07) is 3.46. The molecule has 1 aromatic carbocycles. The number of nitrogens with one attached hydrogen (secondary N) is 1. The van der Waals surface area contributed by atoms with Crippen molar-refractivity contribution in [2.24, 2.45) is 0 Å². The van der Waals surface area contributed by atoms with Gasteiger partial charge in [0, 0.05) is 33.1 Å².